The molecule has 0 radical (unpaired) electrons. The van der Waals surface area contributed by atoms with Crippen LogP contribution in [0.2, 0.25) is 0 Å². The zero-order chi connectivity index (χ0) is 10.5. The first kappa shape index (κ1) is 10.2. The van der Waals surface area contributed by atoms with Gasteiger partial charge in [0, 0.05) is 13.2 Å². The maximum Gasteiger partial charge on any atom is 0.207 e. The van der Waals surface area contributed by atoms with E-state index in [1.54, 1.807) is 0 Å². The van der Waals surface area contributed by atoms with Gasteiger partial charge in [-0.25, -0.2) is 4.99 Å². The largest absolute Gasteiger partial charge is 0.377 e. The second-order valence-electron chi connectivity index (χ2n) is 3.71. The third-order valence-electron chi connectivity index (χ3n) is 2.56. The lowest BCUT2D eigenvalue weighted by Crippen LogP contribution is -2.49. The number of nitriles is 1. The van der Waals surface area contributed by atoms with E-state index in [-0.39, 0.29) is 0 Å². The highest BCUT2D eigenvalue weighted by Crippen LogP contribution is 2.13. The van der Waals surface area contributed by atoms with Crippen LogP contribution in [-0.4, -0.2) is 43.5 Å². The van der Waals surface area contributed by atoms with Crippen LogP contribution in [0.15, 0.2) is 4.99 Å². The number of aliphatic imine (C=N–C) groups is 1. The molecule has 82 valence electrons. The molecule has 0 aromatic rings. The van der Waals surface area contributed by atoms with Gasteiger partial charge in [0.2, 0.25) is 5.96 Å². The molecule has 0 bridgehead atoms. The predicted molar refractivity (Wildman–Crippen MR) is 54.7 cm³/mol. The topological polar surface area (TPSA) is 72.7 Å². The standard InChI is InChI=1S/C9H15N5O/c10-5-11-9-12-6-14(7-13-9)4-8-2-1-3-15-8/h8H,1-4,6-7H2,(H2,11,12,13)/t8-/m1/s1. The first-order chi connectivity index (χ1) is 7.38. The molecule has 2 heterocycles. The van der Waals surface area contributed by atoms with Gasteiger partial charge < -0.3 is 10.1 Å². The van der Waals surface area contributed by atoms with Gasteiger partial charge >= 0.3 is 0 Å². The van der Waals surface area contributed by atoms with Crippen LogP contribution in [0.5, 0.6) is 0 Å². The minimum Gasteiger partial charge on any atom is -0.377 e. The zero-order valence-electron chi connectivity index (χ0n) is 8.57. The summed E-state index contributed by atoms with van der Waals surface area (Å²) in [5.41, 5.74) is 0. The predicted octanol–water partition coefficient (Wildman–Crippen LogP) is -0.588. The van der Waals surface area contributed by atoms with Crippen LogP contribution >= 0.6 is 0 Å². The summed E-state index contributed by atoms with van der Waals surface area (Å²) >= 11 is 0. The summed E-state index contributed by atoms with van der Waals surface area (Å²) in [7, 11) is 0. The van der Waals surface area contributed by atoms with E-state index in [1.807, 2.05) is 6.19 Å². The van der Waals surface area contributed by atoms with Crippen LogP contribution in [0.4, 0.5) is 0 Å². The van der Waals surface area contributed by atoms with E-state index in [9.17, 15) is 0 Å². The van der Waals surface area contributed by atoms with Crippen molar-refractivity contribution in [3.05, 3.63) is 0 Å². The highest BCUT2D eigenvalue weighted by atomic mass is 16.5. The van der Waals surface area contributed by atoms with E-state index < -0.39 is 0 Å². The number of hydrogen-bond acceptors (Lipinski definition) is 6. The Morgan fingerprint density at radius 3 is 3.27 bits per heavy atom. The second-order valence-corrected chi connectivity index (χ2v) is 3.71. The molecule has 2 aliphatic rings. The van der Waals surface area contributed by atoms with Gasteiger partial charge in [-0.05, 0) is 12.8 Å². The van der Waals surface area contributed by atoms with Crippen molar-refractivity contribution in [2.75, 3.05) is 26.5 Å². The molecule has 15 heavy (non-hydrogen) atoms. The molecule has 0 spiro atoms. The Labute approximate surface area is 88.9 Å². The van der Waals surface area contributed by atoms with Crippen LogP contribution in [0.1, 0.15) is 12.8 Å². The Hall–Kier alpha value is -1.32. The average Bonchev–Trinajstić information content (AvgIpc) is 2.74. The molecule has 0 saturated carbocycles. The Bertz CT molecular complexity index is 279. The number of nitrogens with one attached hydrogen (secondary N) is 2. The van der Waals surface area contributed by atoms with Gasteiger partial charge in [-0.2, -0.15) is 5.26 Å². The van der Waals surface area contributed by atoms with Crippen LogP contribution in [0.25, 0.3) is 0 Å². The maximum atomic E-state index is 8.40. The SMILES string of the molecule is N#CNC1=NCN(C[C@H]2CCCO2)CN1. The zero-order valence-corrected chi connectivity index (χ0v) is 8.57. The fraction of sp³-hybridized carbons (Fsp3) is 0.778. The minimum atomic E-state index is 0.354. The van der Waals surface area contributed by atoms with Gasteiger partial charge in [-0.3, -0.25) is 10.2 Å². The van der Waals surface area contributed by atoms with E-state index in [0.29, 0.717) is 25.4 Å². The van der Waals surface area contributed by atoms with E-state index in [2.05, 4.69) is 20.5 Å². The van der Waals surface area contributed by atoms with Gasteiger partial charge in [0.25, 0.3) is 0 Å². The average molecular weight is 209 g/mol. The van der Waals surface area contributed by atoms with Crippen LogP contribution in [-0.2, 0) is 4.74 Å². The number of rotatable bonds is 2. The monoisotopic (exact) mass is 209 g/mol. The van der Waals surface area contributed by atoms with Crippen LogP contribution in [0.3, 0.4) is 0 Å². The van der Waals surface area contributed by atoms with Gasteiger partial charge in [0.1, 0.15) is 0 Å². The summed E-state index contributed by atoms with van der Waals surface area (Å²) in [6, 6.07) is 0. The summed E-state index contributed by atoms with van der Waals surface area (Å²) in [4.78, 5) is 6.35. The van der Waals surface area contributed by atoms with E-state index in [4.69, 9.17) is 10.00 Å². The van der Waals surface area contributed by atoms with Crippen LogP contribution < -0.4 is 10.6 Å². The highest BCUT2D eigenvalue weighted by molar-refractivity contribution is 5.81. The molecule has 1 fully saturated rings. The second kappa shape index (κ2) is 4.96. The number of nitrogens with zero attached hydrogens (tertiary/aromatic N) is 3. The molecule has 2 rings (SSSR count). The summed E-state index contributed by atoms with van der Waals surface area (Å²) in [5.74, 6) is 0.557. The molecule has 1 saturated heterocycles. The van der Waals surface area contributed by atoms with Crippen molar-refractivity contribution in [2.24, 2.45) is 4.99 Å². The maximum absolute atomic E-state index is 8.40. The fourth-order valence-electron chi connectivity index (χ4n) is 1.80. The highest BCUT2D eigenvalue weighted by Gasteiger charge is 2.20. The van der Waals surface area contributed by atoms with Crippen molar-refractivity contribution in [3.63, 3.8) is 0 Å². The summed E-state index contributed by atoms with van der Waals surface area (Å²) in [6.45, 7) is 3.14. The van der Waals surface area contributed by atoms with Crippen molar-refractivity contribution in [1.29, 1.82) is 5.26 Å². The van der Waals surface area contributed by atoms with Gasteiger partial charge in [0.15, 0.2) is 6.19 Å². The Morgan fingerprint density at radius 1 is 1.73 bits per heavy atom. The summed E-state index contributed by atoms with van der Waals surface area (Å²) < 4.78 is 5.54. The number of guanidine groups is 1. The van der Waals surface area contributed by atoms with Gasteiger partial charge in [-0.1, -0.05) is 0 Å². The van der Waals surface area contributed by atoms with E-state index in [1.165, 1.54) is 0 Å². The minimum absolute atomic E-state index is 0.354. The molecular weight excluding hydrogens is 194 g/mol. The van der Waals surface area contributed by atoms with Crippen molar-refractivity contribution >= 4 is 5.96 Å². The summed E-state index contributed by atoms with van der Waals surface area (Å²) in [6.07, 6.45) is 4.50. The lowest BCUT2D eigenvalue weighted by molar-refractivity contribution is 0.0713. The molecule has 0 aliphatic carbocycles. The molecule has 0 aromatic heterocycles. The van der Waals surface area contributed by atoms with Crippen molar-refractivity contribution in [2.45, 2.75) is 18.9 Å². The molecule has 0 unspecified atom stereocenters. The van der Waals surface area contributed by atoms with Gasteiger partial charge in [0.05, 0.1) is 19.4 Å². The Kier molecular flexibility index (Phi) is 3.37. The number of ether oxygens (including phenoxy) is 1. The molecule has 2 aliphatic heterocycles. The fourth-order valence-corrected chi connectivity index (χ4v) is 1.80. The van der Waals surface area contributed by atoms with Crippen molar-refractivity contribution in [1.82, 2.24) is 15.5 Å². The first-order valence-corrected chi connectivity index (χ1v) is 5.16. The van der Waals surface area contributed by atoms with E-state index in [0.717, 1.165) is 26.0 Å². The smallest absolute Gasteiger partial charge is 0.207 e. The first-order valence-electron chi connectivity index (χ1n) is 5.16. The summed E-state index contributed by atoms with van der Waals surface area (Å²) in [5, 5.41) is 13.9. The lowest BCUT2D eigenvalue weighted by atomic mass is 10.2. The lowest BCUT2D eigenvalue weighted by Gasteiger charge is -2.27. The molecule has 6 heteroatoms. The van der Waals surface area contributed by atoms with Crippen molar-refractivity contribution in [3.8, 4) is 6.19 Å². The van der Waals surface area contributed by atoms with Crippen molar-refractivity contribution < 1.29 is 4.74 Å². The van der Waals surface area contributed by atoms with Gasteiger partial charge in [-0.15, -0.1) is 0 Å². The molecule has 2 N–H and O–H groups in total. The Balaban J connectivity index is 1.75. The molecule has 0 amide bonds. The molecule has 6 nitrogen and oxygen atoms in total. The third kappa shape index (κ3) is 2.81. The number of hydrogen-bond donors (Lipinski definition) is 2. The molecule has 0 aromatic carbocycles. The van der Waals surface area contributed by atoms with E-state index >= 15 is 0 Å². The third-order valence-corrected chi connectivity index (χ3v) is 2.56. The quantitative estimate of drug-likeness (QED) is 0.470. The Morgan fingerprint density at radius 2 is 2.67 bits per heavy atom. The molecular formula is C9H15N5O. The van der Waals surface area contributed by atoms with Crippen LogP contribution in [0, 0.1) is 11.5 Å². The normalized spacial score (nSPS) is 26.6. The molecule has 1 atom stereocenters.